The Morgan fingerprint density at radius 2 is 2.03 bits per heavy atom. The van der Waals surface area contributed by atoms with Crippen LogP contribution in [0.3, 0.4) is 0 Å². The lowest BCUT2D eigenvalue weighted by Crippen LogP contribution is -2.38. The zero-order valence-electron chi connectivity index (χ0n) is 16.9. The van der Waals surface area contributed by atoms with E-state index >= 15 is 0 Å². The predicted molar refractivity (Wildman–Crippen MR) is 115 cm³/mol. The quantitative estimate of drug-likeness (QED) is 0.366. The molecule has 1 aliphatic rings. The van der Waals surface area contributed by atoms with Crippen molar-refractivity contribution in [2.45, 2.75) is 6.92 Å². The summed E-state index contributed by atoms with van der Waals surface area (Å²) in [6.07, 6.45) is 1.31. The molecule has 0 radical (unpaired) electrons. The Morgan fingerprint density at radius 1 is 1.28 bits per heavy atom. The fourth-order valence-electron chi connectivity index (χ4n) is 2.82. The van der Waals surface area contributed by atoms with Crippen molar-refractivity contribution >= 4 is 40.6 Å². The van der Waals surface area contributed by atoms with Crippen molar-refractivity contribution in [2.24, 2.45) is 0 Å². The standard InChI is InChI=1S/C21H18FN3O6S/c1-13-6-7-16(25(29)30)17(10-13)31-12-19(26)23-8-9-24-20(27)18(32-21(24)28)11-14-4-2-3-5-15(14)22/h2-7,10-11H,8-9,12H2,1H3,(H,23,26)/b18-11-. The summed E-state index contributed by atoms with van der Waals surface area (Å²) in [7, 11) is 0. The van der Waals surface area contributed by atoms with Gasteiger partial charge in [-0.3, -0.25) is 29.4 Å². The van der Waals surface area contributed by atoms with Crippen LogP contribution in [0.25, 0.3) is 6.08 Å². The molecule has 9 nitrogen and oxygen atoms in total. The number of rotatable bonds is 8. The molecule has 0 aliphatic carbocycles. The molecule has 0 unspecified atom stereocenters. The number of hydrogen-bond acceptors (Lipinski definition) is 7. The SMILES string of the molecule is Cc1ccc([N+](=O)[O-])c(OCC(=O)NCCN2C(=O)S/C(=C\c3ccccc3F)C2=O)c1. The Morgan fingerprint density at radius 3 is 2.75 bits per heavy atom. The Hall–Kier alpha value is -3.73. The van der Waals surface area contributed by atoms with Crippen molar-refractivity contribution < 1.29 is 28.4 Å². The summed E-state index contributed by atoms with van der Waals surface area (Å²) in [5.74, 6) is -1.70. The molecule has 3 rings (SSSR count). The normalized spacial score (nSPS) is 14.7. The Balaban J connectivity index is 1.52. The molecule has 1 N–H and O–H groups in total. The first-order valence-corrected chi connectivity index (χ1v) is 10.2. The van der Waals surface area contributed by atoms with Gasteiger partial charge in [-0.1, -0.05) is 24.3 Å². The summed E-state index contributed by atoms with van der Waals surface area (Å²) >= 11 is 0.688. The summed E-state index contributed by atoms with van der Waals surface area (Å²) in [5.41, 5.74) is 0.658. The van der Waals surface area contributed by atoms with Crippen LogP contribution in [-0.4, -0.2) is 46.6 Å². The van der Waals surface area contributed by atoms with Crippen molar-refractivity contribution in [1.29, 1.82) is 0 Å². The van der Waals surface area contributed by atoms with Crippen LogP contribution in [0.4, 0.5) is 14.9 Å². The van der Waals surface area contributed by atoms with Crippen LogP contribution in [0.1, 0.15) is 11.1 Å². The zero-order valence-corrected chi connectivity index (χ0v) is 17.7. The summed E-state index contributed by atoms with van der Waals surface area (Å²) < 4.78 is 19.0. The van der Waals surface area contributed by atoms with E-state index in [9.17, 15) is 28.9 Å². The van der Waals surface area contributed by atoms with Crippen molar-refractivity contribution in [3.63, 3.8) is 0 Å². The van der Waals surface area contributed by atoms with Gasteiger partial charge < -0.3 is 10.1 Å². The summed E-state index contributed by atoms with van der Waals surface area (Å²) in [6, 6.07) is 10.2. The number of nitrogens with zero attached hydrogens (tertiary/aromatic N) is 2. The third-order valence-electron chi connectivity index (χ3n) is 4.39. The molecule has 0 spiro atoms. The molecule has 1 aliphatic heterocycles. The van der Waals surface area contributed by atoms with E-state index in [1.165, 1.54) is 36.4 Å². The number of imide groups is 1. The maximum absolute atomic E-state index is 13.8. The van der Waals surface area contributed by atoms with Gasteiger partial charge in [0, 0.05) is 24.7 Å². The van der Waals surface area contributed by atoms with Gasteiger partial charge in [0.05, 0.1) is 9.83 Å². The smallest absolute Gasteiger partial charge is 0.310 e. The number of nitrogens with one attached hydrogen (secondary N) is 1. The molecule has 11 heteroatoms. The van der Waals surface area contributed by atoms with Crippen LogP contribution < -0.4 is 10.1 Å². The van der Waals surface area contributed by atoms with Crippen molar-refractivity contribution in [3.8, 4) is 5.75 Å². The molecule has 32 heavy (non-hydrogen) atoms. The lowest BCUT2D eigenvalue weighted by molar-refractivity contribution is -0.385. The Kier molecular flexibility index (Phi) is 7.21. The topological polar surface area (TPSA) is 119 Å². The van der Waals surface area contributed by atoms with E-state index in [0.717, 1.165) is 10.5 Å². The van der Waals surface area contributed by atoms with Crippen molar-refractivity contribution in [2.75, 3.05) is 19.7 Å². The van der Waals surface area contributed by atoms with Gasteiger partial charge in [-0.05, 0) is 42.5 Å². The second kappa shape index (κ2) is 10.1. The summed E-state index contributed by atoms with van der Waals surface area (Å²) in [4.78, 5) is 48.0. The number of halogens is 1. The van der Waals surface area contributed by atoms with E-state index in [1.54, 1.807) is 19.1 Å². The highest BCUT2D eigenvalue weighted by Gasteiger charge is 2.34. The third kappa shape index (κ3) is 5.49. The molecule has 3 amide bonds. The molecule has 2 aromatic carbocycles. The Bertz CT molecular complexity index is 1120. The number of carbonyl (C=O) groups is 3. The molecule has 0 aromatic heterocycles. The van der Waals surface area contributed by atoms with Gasteiger partial charge in [0.2, 0.25) is 0 Å². The fraction of sp³-hybridized carbons (Fsp3) is 0.190. The number of nitro groups is 1. The molecule has 166 valence electrons. The van der Waals surface area contributed by atoms with Gasteiger partial charge in [0.25, 0.3) is 17.1 Å². The average molecular weight is 459 g/mol. The highest BCUT2D eigenvalue weighted by molar-refractivity contribution is 8.18. The van der Waals surface area contributed by atoms with Gasteiger partial charge in [0.1, 0.15) is 5.82 Å². The minimum absolute atomic E-state index is 0.0330. The molecule has 1 saturated heterocycles. The van der Waals surface area contributed by atoms with Crippen LogP contribution in [-0.2, 0) is 9.59 Å². The second-order valence-electron chi connectivity index (χ2n) is 6.72. The van der Waals surface area contributed by atoms with Crippen LogP contribution in [0.5, 0.6) is 5.75 Å². The van der Waals surface area contributed by atoms with Gasteiger partial charge in [0.15, 0.2) is 12.4 Å². The molecular formula is C21H18FN3O6S. The number of carbonyl (C=O) groups excluding carboxylic acids is 3. The van der Waals surface area contributed by atoms with Crippen molar-refractivity contribution in [3.05, 3.63) is 74.4 Å². The lowest BCUT2D eigenvalue weighted by Gasteiger charge is -2.13. The van der Waals surface area contributed by atoms with E-state index in [2.05, 4.69) is 5.32 Å². The number of nitro benzene ring substituents is 1. The number of ether oxygens (including phenoxy) is 1. The molecule has 1 heterocycles. The average Bonchev–Trinajstić information content (AvgIpc) is 3.01. The van der Waals surface area contributed by atoms with Gasteiger partial charge >= 0.3 is 5.69 Å². The highest BCUT2D eigenvalue weighted by atomic mass is 32.2. The van der Waals surface area contributed by atoms with Crippen LogP contribution >= 0.6 is 11.8 Å². The zero-order chi connectivity index (χ0) is 23.3. The third-order valence-corrected chi connectivity index (χ3v) is 5.30. The van der Waals surface area contributed by atoms with E-state index in [1.807, 2.05) is 0 Å². The summed E-state index contributed by atoms with van der Waals surface area (Å²) in [5, 5.41) is 13.0. The first-order valence-electron chi connectivity index (χ1n) is 9.40. The molecule has 0 bridgehead atoms. The Labute approximate surface area is 186 Å². The van der Waals surface area contributed by atoms with Crippen LogP contribution in [0.15, 0.2) is 47.4 Å². The number of benzene rings is 2. The van der Waals surface area contributed by atoms with E-state index in [4.69, 9.17) is 4.74 Å². The van der Waals surface area contributed by atoms with E-state index in [0.29, 0.717) is 11.8 Å². The number of aryl methyl sites for hydroxylation is 1. The van der Waals surface area contributed by atoms with Gasteiger partial charge in [-0.25, -0.2) is 4.39 Å². The van der Waals surface area contributed by atoms with Crippen LogP contribution in [0.2, 0.25) is 0 Å². The first-order chi connectivity index (χ1) is 15.3. The van der Waals surface area contributed by atoms with Gasteiger partial charge in [-0.2, -0.15) is 0 Å². The number of hydrogen-bond donors (Lipinski definition) is 1. The van der Waals surface area contributed by atoms with Crippen LogP contribution in [0, 0.1) is 22.9 Å². The largest absolute Gasteiger partial charge is 0.477 e. The molecule has 0 saturated carbocycles. The second-order valence-corrected chi connectivity index (χ2v) is 7.71. The molecule has 0 atom stereocenters. The van der Waals surface area contributed by atoms with E-state index < -0.39 is 34.4 Å². The monoisotopic (exact) mass is 459 g/mol. The first kappa shape index (κ1) is 22.9. The number of amides is 3. The molecule has 1 fully saturated rings. The van der Waals surface area contributed by atoms with Crippen molar-refractivity contribution in [1.82, 2.24) is 10.2 Å². The lowest BCUT2D eigenvalue weighted by atomic mass is 10.2. The van der Waals surface area contributed by atoms with E-state index in [-0.39, 0.29) is 35.0 Å². The minimum Gasteiger partial charge on any atom is -0.477 e. The predicted octanol–water partition coefficient (Wildman–Crippen LogP) is 3.27. The minimum atomic E-state index is -0.610. The maximum atomic E-state index is 13.8. The van der Waals surface area contributed by atoms with Gasteiger partial charge in [-0.15, -0.1) is 0 Å². The molecule has 2 aromatic rings. The summed E-state index contributed by atoms with van der Waals surface area (Å²) in [6.45, 7) is 1.13. The highest BCUT2D eigenvalue weighted by Crippen LogP contribution is 2.32. The number of thioether (sulfide) groups is 1. The maximum Gasteiger partial charge on any atom is 0.310 e. The fourth-order valence-corrected chi connectivity index (χ4v) is 3.67. The molecular weight excluding hydrogens is 441 g/mol.